The summed E-state index contributed by atoms with van der Waals surface area (Å²) in [6, 6.07) is 15.8. The van der Waals surface area contributed by atoms with Gasteiger partial charge in [-0.25, -0.2) is 0 Å². The van der Waals surface area contributed by atoms with Crippen LogP contribution in [0.2, 0.25) is 0 Å². The van der Waals surface area contributed by atoms with Gasteiger partial charge in [-0.2, -0.15) is 0 Å². The summed E-state index contributed by atoms with van der Waals surface area (Å²) in [5, 5.41) is 3.07. The zero-order valence-electron chi connectivity index (χ0n) is 23.8. The molecule has 7 nitrogen and oxygen atoms in total. The lowest BCUT2D eigenvalue weighted by Gasteiger charge is -2.29. The molecule has 2 fully saturated rings. The van der Waals surface area contributed by atoms with E-state index in [1.807, 2.05) is 72.2 Å². The Bertz CT molecular complexity index is 1130. The van der Waals surface area contributed by atoms with Gasteiger partial charge in [-0.15, -0.1) is 0 Å². The van der Waals surface area contributed by atoms with Crippen molar-refractivity contribution in [2.45, 2.75) is 65.2 Å². The Balaban J connectivity index is 1.54. The second-order valence-corrected chi connectivity index (χ2v) is 10.7. The van der Waals surface area contributed by atoms with Gasteiger partial charge in [0.2, 0.25) is 11.8 Å². The molecule has 0 radical (unpaired) electrons. The molecule has 4 rings (SSSR count). The molecule has 1 aliphatic carbocycles. The van der Waals surface area contributed by atoms with Crippen LogP contribution in [-0.2, 0) is 9.59 Å². The molecule has 0 unspecified atom stereocenters. The molecule has 0 aromatic heterocycles. The standard InChI is InChI=1S/C32H44N4O3/c1-4-27(24-13-8-7-9-14-24)31(38)36-20-12-19-35(21-22-36)29-18-17-26(33-30(37)25-15-10-11-16-25)23-28(29)32(39)34(5-2)6-3/h7-9,13-14,17-18,23,25,27H,4-6,10-12,15-16,19-22H2,1-3H3,(H,33,37)/t27-/m1/s1. The highest BCUT2D eigenvalue weighted by Crippen LogP contribution is 2.30. The van der Waals surface area contributed by atoms with Crippen LogP contribution in [0.4, 0.5) is 11.4 Å². The molecule has 2 aliphatic rings. The van der Waals surface area contributed by atoms with Crippen LogP contribution in [0.15, 0.2) is 48.5 Å². The van der Waals surface area contributed by atoms with Crippen molar-refractivity contribution in [2.75, 3.05) is 49.5 Å². The van der Waals surface area contributed by atoms with E-state index in [9.17, 15) is 14.4 Å². The Hall–Kier alpha value is -3.35. The molecule has 39 heavy (non-hydrogen) atoms. The van der Waals surface area contributed by atoms with Crippen molar-refractivity contribution in [3.8, 4) is 0 Å². The minimum absolute atomic E-state index is 0.0285. The van der Waals surface area contributed by atoms with E-state index in [0.29, 0.717) is 44.0 Å². The highest BCUT2D eigenvalue weighted by atomic mass is 16.2. The molecule has 1 saturated heterocycles. The fraction of sp³-hybridized carbons (Fsp3) is 0.531. The van der Waals surface area contributed by atoms with Gasteiger partial charge in [0, 0.05) is 56.6 Å². The topological polar surface area (TPSA) is 73.0 Å². The first-order valence-electron chi connectivity index (χ1n) is 14.8. The SMILES string of the molecule is CC[C@@H](C(=O)N1CCCN(c2ccc(NC(=O)C3CCCC3)cc2C(=O)N(CC)CC)CC1)c1ccccc1. The van der Waals surface area contributed by atoms with Gasteiger partial charge in [0.25, 0.3) is 5.91 Å². The number of nitrogens with zero attached hydrogens (tertiary/aromatic N) is 3. The van der Waals surface area contributed by atoms with Gasteiger partial charge in [0.1, 0.15) is 0 Å². The second-order valence-electron chi connectivity index (χ2n) is 10.7. The zero-order chi connectivity index (χ0) is 27.8. The van der Waals surface area contributed by atoms with Crippen molar-refractivity contribution >= 4 is 29.1 Å². The van der Waals surface area contributed by atoms with Crippen LogP contribution in [0.1, 0.15) is 81.1 Å². The van der Waals surface area contributed by atoms with Crippen molar-refractivity contribution < 1.29 is 14.4 Å². The summed E-state index contributed by atoms with van der Waals surface area (Å²) in [6.45, 7) is 10.0. The Kier molecular flexibility index (Phi) is 10.0. The molecule has 1 N–H and O–H groups in total. The third kappa shape index (κ3) is 6.81. The minimum atomic E-state index is -0.139. The van der Waals surface area contributed by atoms with Crippen LogP contribution in [0.3, 0.4) is 0 Å². The first kappa shape index (κ1) is 28.7. The summed E-state index contributed by atoms with van der Waals surface area (Å²) < 4.78 is 0. The summed E-state index contributed by atoms with van der Waals surface area (Å²) in [5.41, 5.74) is 3.22. The smallest absolute Gasteiger partial charge is 0.256 e. The lowest BCUT2D eigenvalue weighted by molar-refractivity contribution is -0.132. The van der Waals surface area contributed by atoms with Gasteiger partial charge in [0.05, 0.1) is 11.5 Å². The molecule has 3 amide bonds. The van der Waals surface area contributed by atoms with Gasteiger partial charge in [-0.05, 0) is 63.3 Å². The average molecular weight is 533 g/mol. The van der Waals surface area contributed by atoms with E-state index < -0.39 is 0 Å². The Labute approximate surface area is 233 Å². The lowest BCUT2D eigenvalue weighted by Crippen LogP contribution is -2.38. The highest BCUT2D eigenvalue weighted by Gasteiger charge is 2.29. The number of benzene rings is 2. The Morgan fingerprint density at radius 2 is 1.62 bits per heavy atom. The number of nitrogens with one attached hydrogen (secondary N) is 1. The lowest BCUT2D eigenvalue weighted by atomic mass is 9.95. The van der Waals surface area contributed by atoms with E-state index in [4.69, 9.17) is 0 Å². The average Bonchev–Trinajstić information content (AvgIpc) is 3.40. The van der Waals surface area contributed by atoms with Crippen molar-refractivity contribution in [3.05, 3.63) is 59.7 Å². The van der Waals surface area contributed by atoms with Crippen LogP contribution >= 0.6 is 0 Å². The van der Waals surface area contributed by atoms with E-state index >= 15 is 0 Å². The molecular formula is C32H44N4O3. The maximum Gasteiger partial charge on any atom is 0.256 e. The number of hydrogen-bond acceptors (Lipinski definition) is 4. The number of rotatable bonds is 9. The normalized spacial score (nSPS) is 17.0. The van der Waals surface area contributed by atoms with E-state index in [0.717, 1.165) is 56.3 Å². The maximum atomic E-state index is 13.6. The summed E-state index contributed by atoms with van der Waals surface area (Å²) in [6.07, 6.45) is 5.65. The largest absolute Gasteiger partial charge is 0.369 e. The van der Waals surface area contributed by atoms with Crippen LogP contribution < -0.4 is 10.2 Å². The van der Waals surface area contributed by atoms with Crippen LogP contribution in [0.5, 0.6) is 0 Å². The van der Waals surface area contributed by atoms with E-state index in [-0.39, 0.29) is 29.6 Å². The molecule has 1 aliphatic heterocycles. The highest BCUT2D eigenvalue weighted by molar-refractivity contribution is 6.02. The van der Waals surface area contributed by atoms with Crippen LogP contribution in [0.25, 0.3) is 0 Å². The zero-order valence-corrected chi connectivity index (χ0v) is 23.8. The van der Waals surface area contributed by atoms with Gasteiger partial charge < -0.3 is 20.0 Å². The predicted octanol–water partition coefficient (Wildman–Crippen LogP) is 5.53. The summed E-state index contributed by atoms with van der Waals surface area (Å²) in [7, 11) is 0. The van der Waals surface area contributed by atoms with Crippen molar-refractivity contribution in [1.29, 1.82) is 0 Å². The monoisotopic (exact) mass is 532 g/mol. The molecule has 0 bridgehead atoms. The first-order chi connectivity index (χ1) is 19.0. The van der Waals surface area contributed by atoms with Gasteiger partial charge >= 0.3 is 0 Å². The van der Waals surface area contributed by atoms with Crippen LogP contribution in [-0.4, -0.2) is 66.8 Å². The quantitative estimate of drug-likeness (QED) is 0.461. The second kappa shape index (κ2) is 13.6. The number of amides is 3. The molecule has 1 heterocycles. The molecule has 1 atom stereocenters. The summed E-state index contributed by atoms with van der Waals surface area (Å²) in [4.78, 5) is 46.0. The molecular weight excluding hydrogens is 488 g/mol. The molecule has 210 valence electrons. The third-order valence-corrected chi connectivity index (χ3v) is 8.33. The summed E-state index contributed by atoms with van der Waals surface area (Å²) >= 11 is 0. The fourth-order valence-electron chi connectivity index (χ4n) is 6.01. The van der Waals surface area contributed by atoms with Crippen molar-refractivity contribution in [3.63, 3.8) is 0 Å². The van der Waals surface area contributed by atoms with E-state index in [2.05, 4.69) is 17.1 Å². The Morgan fingerprint density at radius 1 is 0.897 bits per heavy atom. The number of anilines is 2. The fourth-order valence-corrected chi connectivity index (χ4v) is 6.01. The van der Waals surface area contributed by atoms with Gasteiger partial charge in [0.15, 0.2) is 0 Å². The number of carbonyl (C=O) groups is 3. The van der Waals surface area contributed by atoms with Gasteiger partial charge in [-0.3, -0.25) is 14.4 Å². The summed E-state index contributed by atoms with van der Waals surface area (Å²) in [5.74, 6) is 0.118. The molecule has 2 aromatic carbocycles. The van der Waals surface area contributed by atoms with Crippen molar-refractivity contribution in [1.82, 2.24) is 9.80 Å². The first-order valence-corrected chi connectivity index (χ1v) is 14.8. The number of hydrogen-bond donors (Lipinski definition) is 1. The molecule has 1 saturated carbocycles. The maximum absolute atomic E-state index is 13.6. The Morgan fingerprint density at radius 3 is 2.28 bits per heavy atom. The molecule has 7 heteroatoms. The third-order valence-electron chi connectivity index (χ3n) is 8.33. The van der Waals surface area contributed by atoms with Crippen molar-refractivity contribution in [2.24, 2.45) is 5.92 Å². The predicted molar refractivity (Wildman–Crippen MR) is 157 cm³/mol. The van der Waals surface area contributed by atoms with Crippen LogP contribution in [0, 0.1) is 5.92 Å². The minimum Gasteiger partial charge on any atom is -0.369 e. The van der Waals surface area contributed by atoms with Gasteiger partial charge in [-0.1, -0.05) is 50.1 Å². The number of carbonyl (C=O) groups excluding carboxylic acids is 3. The van der Waals surface area contributed by atoms with E-state index in [1.54, 1.807) is 0 Å². The molecule has 0 spiro atoms. The molecule has 2 aromatic rings. The van der Waals surface area contributed by atoms with E-state index in [1.165, 1.54) is 0 Å².